The third-order valence-corrected chi connectivity index (χ3v) is 6.31. The lowest BCUT2D eigenvalue weighted by Crippen LogP contribution is -2.51. The van der Waals surface area contributed by atoms with Gasteiger partial charge in [0, 0.05) is 20.5 Å². The second-order valence-corrected chi connectivity index (χ2v) is 10.3. The van der Waals surface area contributed by atoms with Crippen LogP contribution in [0.3, 0.4) is 0 Å². The van der Waals surface area contributed by atoms with Crippen LogP contribution in [0.25, 0.3) is 6.08 Å². The number of nitrogens with one attached hydrogen (secondary N) is 2. The van der Waals surface area contributed by atoms with E-state index in [1.165, 1.54) is 43.5 Å². The van der Waals surface area contributed by atoms with Gasteiger partial charge in [0.1, 0.15) is 12.6 Å². The molecule has 0 spiro atoms. The van der Waals surface area contributed by atoms with Crippen LogP contribution in [0.15, 0.2) is 55.9 Å². The first-order valence-corrected chi connectivity index (χ1v) is 12.6. The van der Waals surface area contributed by atoms with Crippen LogP contribution in [0.4, 0.5) is 26.3 Å². The van der Waals surface area contributed by atoms with Crippen LogP contribution in [0.1, 0.15) is 27.4 Å². The average molecular weight is 725 g/mol. The number of benzene rings is 2. The molecule has 5 nitrogen and oxygen atoms in total. The summed E-state index contributed by atoms with van der Waals surface area (Å²) in [7, 11) is 1.20. The minimum Gasteiger partial charge on any atom is -0.382 e. The average Bonchev–Trinajstić information content (AvgIpc) is 2.75. The largest absolute Gasteiger partial charge is 0.405 e. The standard InChI is InChI=1S/C23H19Br3F6N2O3/c1-37-10-19(21(36)33-11-22(27,28)29)34-20(35)16-4-2-12(6-18(16)26)3-5-17(23(30,31)32)13-7-14(24)9-15(25)8-13/h2-9,17,19H,10-11H2,1H3,(H,33,36)(H,34,35)/b5-3+. The van der Waals surface area contributed by atoms with E-state index in [0.29, 0.717) is 14.5 Å². The third-order valence-electron chi connectivity index (χ3n) is 4.73. The monoisotopic (exact) mass is 722 g/mol. The van der Waals surface area contributed by atoms with E-state index < -0.39 is 49.3 Å². The molecule has 0 aromatic heterocycles. The Bertz CT molecular complexity index is 1140. The fourth-order valence-corrected chi connectivity index (χ4v) is 4.99. The second kappa shape index (κ2) is 13.3. The van der Waals surface area contributed by atoms with Crippen LogP contribution in [0, 0.1) is 0 Å². The summed E-state index contributed by atoms with van der Waals surface area (Å²) in [5, 5.41) is 3.95. The van der Waals surface area contributed by atoms with Crippen LogP contribution in [0.5, 0.6) is 0 Å². The van der Waals surface area contributed by atoms with Gasteiger partial charge < -0.3 is 15.4 Å². The maximum atomic E-state index is 13.7. The van der Waals surface area contributed by atoms with Gasteiger partial charge in [-0.05, 0) is 57.4 Å². The number of halogens is 9. The SMILES string of the molecule is COCC(NC(=O)c1ccc(/C=C/C(c2cc(Br)cc(Br)c2)C(F)(F)F)cc1Br)C(=O)NCC(F)(F)F. The van der Waals surface area contributed by atoms with Gasteiger partial charge in [-0.2, -0.15) is 26.3 Å². The van der Waals surface area contributed by atoms with Crippen molar-refractivity contribution in [1.29, 1.82) is 0 Å². The highest BCUT2D eigenvalue weighted by Crippen LogP contribution is 2.38. The fraction of sp³-hybridized carbons (Fsp3) is 0.304. The van der Waals surface area contributed by atoms with Gasteiger partial charge in [0.2, 0.25) is 5.91 Å². The van der Waals surface area contributed by atoms with Gasteiger partial charge in [0.25, 0.3) is 5.91 Å². The van der Waals surface area contributed by atoms with Gasteiger partial charge in [-0.15, -0.1) is 0 Å². The number of alkyl halides is 6. The van der Waals surface area contributed by atoms with E-state index in [2.05, 4.69) is 53.1 Å². The van der Waals surface area contributed by atoms with E-state index >= 15 is 0 Å². The summed E-state index contributed by atoms with van der Waals surface area (Å²) in [6.07, 6.45) is -6.98. The minimum atomic E-state index is -4.64. The van der Waals surface area contributed by atoms with E-state index in [9.17, 15) is 35.9 Å². The molecule has 2 aromatic carbocycles. The highest BCUT2D eigenvalue weighted by atomic mass is 79.9. The molecule has 0 saturated heterocycles. The molecule has 14 heteroatoms. The molecule has 0 saturated carbocycles. The molecular formula is C23H19Br3F6N2O3. The van der Waals surface area contributed by atoms with Crippen molar-refractivity contribution < 1.29 is 40.7 Å². The first-order valence-electron chi connectivity index (χ1n) is 10.3. The normalized spacial score (nSPS) is 13.9. The Balaban J connectivity index is 2.21. The first kappa shape index (κ1) is 31.3. The molecule has 202 valence electrons. The van der Waals surface area contributed by atoms with Crippen molar-refractivity contribution in [1.82, 2.24) is 10.6 Å². The van der Waals surface area contributed by atoms with Crippen molar-refractivity contribution in [2.75, 3.05) is 20.3 Å². The van der Waals surface area contributed by atoms with Crippen molar-refractivity contribution in [3.63, 3.8) is 0 Å². The molecule has 0 aliphatic rings. The Hall–Kier alpha value is -1.90. The molecule has 2 amide bonds. The van der Waals surface area contributed by atoms with Crippen LogP contribution >= 0.6 is 47.8 Å². The number of allylic oxidation sites excluding steroid dienone is 1. The van der Waals surface area contributed by atoms with Crippen LogP contribution in [0.2, 0.25) is 0 Å². The van der Waals surface area contributed by atoms with Gasteiger partial charge in [-0.25, -0.2) is 0 Å². The molecule has 0 heterocycles. The third kappa shape index (κ3) is 10.1. The molecule has 2 atom stereocenters. The van der Waals surface area contributed by atoms with Gasteiger partial charge in [0.15, 0.2) is 0 Å². The van der Waals surface area contributed by atoms with Gasteiger partial charge in [0.05, 0.1) is 18.1 Å². The number of amides is 2. The summed E-state index contributed by atoms with van der Waals surface area (Å²) < 4.78 is 84.3. The van der Waals surface area contributed by atoms with Crippen molar-refractivity contribution in [2.45, 2.75) is 24.3 Å². The summed E-state index contributed by atoms with van der Waals surface area (Å²) in [5.41, 5.74) is 0.348. The zero-order valence-electron chi connectivity index (χ0n) is 18.8. The number of carbonyl (C=O) groups excluding carboxylic acids is 2. The maximum absolute atomic E-state index is 13.7. The molecule has 2 unspecified atom stereocenters. The Labute approximate surface area is 233 Å². The molecule has 0 radical (unpaired) electrons. The van der Waals surface area contributed by atoms with Crippen LogP contribution in [-0.4, -0.2) is 50.5 Å². The molecule has 2 N–H and O–H groups in total. The Morgan fingerprint density at radius 3 is 2.14 bits per heavy atom. The van der Waals surface area contributed by atoms with Crippen molar-refractivity contribution in [2.24, 2.45) is 0 Å². The highest BCUT2D eigenvalue weighted by Gasteiger charge is 2.39. The molecule has 37 heavy (non-hydrogen) atoms. The van der Waals surface area contributed by atoms with Crippen molar-refractivity contribution >= 4 is 65.7 Å². The topological polar surface area (TPSA) is 67.4 Å². The molecule has 0 bridgehead atoms. The zero-order valence-corrected chi connectivity index (χ0v) is 23.6. The molecule has 0 aliphatic carbocycles. The summed E-state index contributed by atoms with van der Waals surface area (Å²) in [4.78, 5) is 24.7. The number of hydrogen-bond acceptors (Lipinski definition) is 3. The second-order valence-electron chi connectivity index (χ2n) is 7.63. The minimum absolute atomic E-state index is 0.00478. The number of carbonyl (C=O) groups is 2. The van der Waals surface area contributed by atoms with E-state index in [0.717, 1.165) is 6.08 Å². The summed E-state index contributed by atoms with van der Waals surface area (Å²) in [6.45, 7) is -1.97. The van der Waals surface area contributed by atoms with E-state index in [1.807, 2.05) is 0 Å². The fourth-order valence-electron chi connectivity index (χ4n) is 3.09. The number of hydrogen-bond donors (Lipinski definition) is 2. The molecule has 2 aromatic rings. The van der Waals surface area contributed by atoms with Crippen LogP contribution < -0.4 is 10.6 Å². The summed E-state index contributed by atoms with van der Waals surface area (Å²) in [5.74, 6) is -3.81. The van der Waals surface area contributed by atoms with E-state index in [1.54, 1.807) is 11.4 Å². The smallest absolute Gasteiger partial charge is 0.382 e. The lowest BCUT2D eigenvalue weighted by molar-refractivity contribution is -0.140. The Morgan fingerprint density at radius 1 is 1.00 bits per heavy atom. The number of ether oxygens (including phenoxy) is 1. The zero-order chi connectivity index (χ0) is 28.0. The Kier molecular flexibility index (Phi) is 11.2. The highest BCUT2D eigenvalue weighted by molar-refractivity contribution is 9.11. The summed E-state index contributed by atoms with van der Waals surface area (Å²) >= 11 is 9.53. The molecular weight excluding hydrogens is 706 g/mol. The van der Waals surface area contributed by atoms with E-state index in [-0.39, 0.29) is 15.6 Å². The first-order chi connectivity index (χ1) is 17.1. The summed E-state index contributed by atoms with van der Waals surface area (Å²) in [6, 6.07) is 6.99. The molecule has 0 aliphatic heterocycles. The van der Waals surface area contributed by atoms with Gasteiger partial charge in [-0.3, -0.25) is 9.59 Å². The van der Waals surface area contributed by atoms with Gasteiger partial charge in [-0.1, -0.05) is 50.1 Å². The number of rotatable bonds is 9. The van der Waals surface area contributed by atoms with E-state index in [4.69, 9.17) is 4.74 Å². The predicted octanol–water partition coefficient (Wildman–Crippen LogP) is 6.76. The molecule has 0 fully saturated rings. The number of methoxy groups -OCH3 is 1. The van der Waals surface area contributed by atoms with Crippen LogP contribution in [-0.2, 0) is 9.53 Å². The Morgan fingerprint density at radius 2 is 1.62 bits per heavy atom. The van der Waals surface area contributed by atoms with Crippen molar-refractivity contribution in [3.05, 3.63) is 72.6 Å². The maximum Gasteiger partial charge on any atom is 0.405 e. The van der Waals surface area contributed by atoms with Crippen molar-refractivity contribution in [3.8, 4) is 0 Å². The lowest BCUT2D eigenvalue weighted by Gasteiger charge is -2.19. The van der Waals surface area contributed by atoms with Gasteiger partial charge >= 0.3 is 12.4 Å². The quantitative estimate of drug-likeness (QED) is 0.281. The predicted molar refractivity (Wildman–Crippen MR) is 136 cm³/mol. The molecule has 2 rings (SSSR count). The lowest BCUT2D eigenvalue weighted by atomic mass is 9.97.